The lowest BCUT2D eigenvalue weighted by atomic mass is 9.92. The minimum atomic E-state index is -0.704. The van der Waals surface area contributed by atoms with Crippen LogP contribution in [-0.2, 0) is 17.7 Å². The third kappa shape index (κ3) is 4.62. The summed E-state index contributed by atoms with van der Waals surface area (Å²) in [6.07, 6.45) is 4.00. The third-order valence-electron chi connectivity index (χ3n) is 8.61. The molecule has 0 aliphatic carbocycles. The molecule has 2 aromatic carbocycles. The predicted molar refractivity (Wildman–Crippen MR) is 138 cm³/mol. The number of ether oxygens (including phenoxy) is 2. The second kappa shape index (κ2) is 10.1. The van der Waals surface area contributed by atoms with Crippen LogP contribution in [0.15, 0.2) is 42.5 Å². The number of hydrogen-bond acceptors (Lipinski definition) is 6. The summed E-state index contributed by atoms with van der Waals surface area (Å²) in [5.74, 6) is 0.264. The number of carbonyl (C=O) groups excluding carboxylic acids is 2. The van der Waals surface area contributed by atoms with Crippen LogP contribution in [0.25, 0.3) is 0 Å². The van der Waals surface area contributed by atoms with E-state index in [0.717, 1.165) is 32.1 Å². The Morgan fingerprint density at radius 1 is 1.16 bits per heavy atom. The van der Waals surface area contributed by atoms with Crippen molar-refractivity contribution in [2.45, 2.75) is 69.0 Å². The maximum absolute atomic E-state index is 13.5. The molecular weight excluding hydrogens is 470 g/mol. The van der Waals surface area contributed by atoms with Gasteiger partial charge in [0.05, 0.1) is 24.3 Å². The summed E-state index contributed by atoms with van der Waals surface area (Å²) in [4.78, 5) is 30.6. The van der Waals surface area contributed by atoms with Crippen molar-refractivity contribution in [3.05, 3.63) is 64.7 Å². The molecular formula is C29H35N3O5. The molecule has 2 fully saturated rings. The molecule has 0 spiro atoms. The van der Waals surface area contributed by atoms with E-state index in [1.54, 1.807) is 30.2 Å². The fourth-order valence-electron chi connectivity index (χ4n) is 6.57. The zero-order valence-corrected chi connectivity index (χ0v) is 21.3. The summed E-state index contributed by atoms with van der Waals surface area (Å²) in [6, 6.07) is 13.7. The standard InChI is InChI=1S/C29H35N3O5/c1-36-23-14-21-7-8-22(15-23)32(21)28(34)19-6-9-24-27(13-19)37-11-10-31(29(24)35)17-26(33)25-12-18-4-2-3-5-20(18)16-30-25/h2-6,9,13,21-23,25-26,30,33H,7-8,10-12,14-17H2,1H3/t21?,22?,23?,25-,26?/m0/s1. The van der Waals surface area contributed by atoms with Gasteiger partial charge in [0.2, 0.25) is 0 Å². The van der Waals surface area contributed by atoms with Gasteiger partial charge in [0.25, 0.3) is 11.8 Å². The smallest absolute Gasteiger partial charge is 0.257 e. The topological polar surface area (TPSA) is 91.3 Å². The SMILES string of the molecule is COC1CC2CCC(C1)N2C(=O)c1ccc2c(c1)OCCN(CC(O)[C@@H]1Cc3ccccc3CN1)C2=O. The lowest BCUT2D eigenvalue weighted by Crippen LogP contribution is -2.50. The zero-order valence-electron chi connectivity index (χ0n) is 21.3. The molecule has 8 nitrogen and oxygen atoms in total. The molecule has 4 atom stereocenters. The molecule has 2 saturated heterocycles. The molecule has 196 valence electrons. The lowest BCUT2D eigenvalue weighted by molar-refractivity contribution is 0.00819. The Balaban J connectivity index is 1.14. The Morgan fingerprint density at radius 2 is 1.92 bits per heavy atom. The first kappa shape index (κ1) is 24.4. The average molecular weight is 506 g/mol. The van der Waals surface area contributed by atoms with Gasteiger partial charge >= 0.3 is 0 Å². The van der Waals surface area contributed by atoms with Crippen LogP contribution in [0.4, 0.5) is 0 Å². The van der Waals surface area contributed by atoms with Crippen LogP contribution in [-0.4, -0.2) is 83.9 Å². The first-order chi connectivity index (χ1) is 18.0. The number of methoxy groups -OCH3 is 1. The van der Waals surface area contributed by atoms with E-state index in [-0.39, 0.29) is 42.6 Å². The number of aliphatic hydroxyl groups excluding tert-OH is 1. The summed E-state index contributed by atoms with van der Waals surface area (Å²) < 4.78 is 11.5. The van der Waals surface area contributed by atoms with E-state index in [1.807, 2.05) is 17.0 Å². The van der Waals surface area contributed by atoms with Crippen molar-refractivity contribution in [3.8, 4) is 5.75 Å². The van der Waals surface area contributed by atoms with Crippen molar-refractivity contribution >= 4 is 11.8 Å². The second-order valence-electron chi connectivity index (χ2n) is 10.8. The number of benzene rings is 2. The highest BCUT2D eigenvalue weighted by Crippen LogP contribution is 2.38. The van der Waals surface area contributed by atoms with Gasteiger partial charge in [-0.2, -0.15) is 0 Å². The number of nitrogens with zero attached hydrogens (tertiary/aromatic N) is 2. The Morgan fingerprint density at radius 3 is 2.68 bits per heavy atom. The van der Waals surface area contributed by atoms with Gasteiger partial charge in [-0.1, -0.05) is 24.3 Å². The molecule has 0 saturated carbocycles. The van der Waals surface area contributed by atoms with Crippen LogP contribution in [0, 0.1) is 0 Å². The number of amides is 2. The van der Waals surface area contributed by atoms with E-state index in [1.165, 1.54) is 11.1 Å². The van der Waals surface area contributed by atoms with Crippen LogP contribution >= 0.6 is 0 Å². The quantitative estimate of drug-likeness (QED) is 0.649. The molecule has 2 amide bonds. The van der Waals surface area contributed by atoms with Crippen molar-refractivity contribution in [1.29, 1.82) is 0 Å². The molecule has 2 N–H and O–H groups in total. The van der Waals surface area contributed by atoms with Crippen LogP contribution in [0.1, 0.15) is 57.5 Å². The molecule has 4 aliphatic heterocycles. The maximum Gasteiger partial charge on any atom is 0.257 e. The number of rotatable bonds is 5. The third-order valence-corrected chi connectivity index (χ3v) is 8.61. The molecule has 37 heavy (non-hydrogen) atoms. The Kier molecular flexibility index (Phi) is 6.65. The highest BCUT2D eigenvalue weighted by molar-refractivity contribution is 6.00. The van der Waals surface area contributed by atoms with E-state index in [2.05, 4.69) is 17.4 Å². The largest absolute Gasteiger partial charge is 0.491 e. The minimum Gasteiger partial charge on any atom is -0.491 e. The summed E-state index contributed by atoms with van der Waals surface area (Å²) in [7, 11) is 1.75. The molecule has 4 aliphatic rings. The number of hydrogen-bond donors (Lipinski definition) is 2. The summed E-state index contributed by atoms with van der Waals surface area (Å²) in [5, 5.41) is 14.4. The number of fused-ring (bicyclic) bond motifs is 4. The highest BCUT2D eigenvalue weighted by Gasteiger charge is 2.43. The van der Waals surface area contributed by atoms with E-state index in [0.29, 0.717) is 36.6 Å². The van der Waals surface area contributed by atoms with Gasteiger partial charge in [-0.25, -0.2) is 0 Å². The number of β-amino-alcohol motifs (C(OH)–C–C–N with tert-alkyl or cyclic N) is 1. The molecule has 2 bridgehead atoms. The van der Waals surface area contributed by atoms with Gasteiger partial charge in [-0.15, -0.1) is 0 Å². The molecule has 3 unspecified atom stereocenters. The Bertz CT molecular complexity index is 1170. The van der Waals surface area contributed by atoms with Crippen molar-refractivity contribution in [2.24, 2.45) is 0 Å². The number of piperidine rings is 1. The zero-order chi connectivity index (χ0) is 25.5. The van der Waals surface area contributed by atoms with E-state index < -0.39 is 6.10 Å². The Hall–Kier alpha value is -2.94. The van der Waals surface area contributed by atoms with Gasteiger partial charge in [0.1, 0.15) is 12.4 Å². The van der Waals surface area contributed by atoms with E-state index in [9.17, 15) is 14.7 Å². The molecule has 4 heterocycles. The summed E-state index contributed by atoms with van der Waals surface area (Å²) in [6.45, 7) is 1.62. The highest BCUT2D eigenvalue weighted by atomic mass is 16.5. The van der Waals surface area contributed by atoms with E-state index >= 15 is 0 Å². The van der Waals surface area contributed by atoms with Crippen molar-refractivity contribution in [2.75, 3.05) is 26.8 Å². The fraction of sp³-hybridized carbons (Fsp3) is 0.517. The predicted octanol–water partition coefficient (Wildman–Crippen LogP) is 2.38. The van der Waals surface area contributed by atoms with Gasteiger partial charge in [0.15, 0.2) is 0 Å². The minimum absolute atomic E-state index is 0.00100. The first-order valence-corrected chi connectivity index (χ1v) is 13.4. The molecule has 0 aromatic heterocycles. The van der Waals surface area contributed by atoms with Crippen molar-refractivity contribution < 1.29 is 24.2 Å². The summed E-state index contributed by atoms with van der Waals surface area (Å²) >= 11 is 0. The van der Waals surface area contributed by atoms with Crippen LogP contribution in [0.5, 0.6) is 5.75 Å². The van der Waals surface area contributed by atoms with Gasteiger partial charge < -0.3 is 29.7 Å². The maximum atomic E-state index is 13.5. The van der Waals surface area contributed by atoms with Crippen molar-refractivity contribution in [3.63, 3.8) is 0 Å². The molecule has 0 radical (unpaired) electrons. The lowest BCUT2D eigenvalue weighted by Gasteiger charge is -2.38. The fourth-order valence-corrected chi connectivity index (χ4v) is 6.57. The van der Waals surface area contributed by atoms with Crippen LogP contribution < -0.4 is 10.1 Å². The Labute approximate surface area is 217 Å². The molecule has 2 aromatic rings. The second-order valence-corrected chi connectivity index (χ2v) is 10.8. The average Bonchev–Trinajstić information content (AvgIpc) is 3.09. The number of carbonyl (C=O) groups is 2. The van der Waals surface area contributed by atoms with Crippen LogP contribution in [0.2, 0.25) is 0 Å². The molecule has 8 heteroatoms. The van der Waals surface area contributed by atoms with Gasteiger partial charge in [-0.05, 0) is 61.4 Å². The summed E-state index contributed by atoms with van der Waals surface area (Å²) in [5.41, 5.74) is 3.47. The number of nitrogens with one attached hydrogen (secondary N) is 1. The van der Waals surface area contributed by atoms with E-state index in [4.69, 9.17) is 9.47 Å². The monoisotopic (exact) mass is 505 g/mol. The number of aliphatic hydroxyl groups is 1. The first-order valence-electron chi connectivity index (χ1n) is 13.4. The van der Waals surface area contributed by atoms with Gasteiger partial charge in [0, 0.05) is 43.9 Å². The molecule has 6 rings (SSSR count). The van der Waals surface area contributed by atoms with Crippen molar-refractivity contribution in [1.82, 2.24) is 15.1 Å². The van der Waals surface area contributed by atoms with Gasteiger partial charge in [-0.3, -0.25) is 9.59 Å². The van der Waals surface area contributed by atoms with Crippen LogP contribution in [0.3, 0.4) is 0 Å². The normalized spacial score (nSPS) is 27.7.